The fraction of sp³-hybridized carbons (Fsp3) is 0.917. The van der Waals surface area contributed by atoms with E-state index in [1.807, 2.05) is 0 Å². The molecule has 1 saturated heterocycles. The van der Waals surface area contributed by atoms with Crippen LogP contribution in [0.4, 0.5) is 0 Å². The Labute approximate surface area is 114 Å². The summed E-state index contributed by atoms with van der Waals surface area (Å²) in [4.78, 5) is 13.7. The van der Waals surface area contributed by atoms with Crippen molar-refractivity contribution in [1.29, 1.82) is 0 Å². The van der Waals surface area contributed by atoms with Gasteiger partial charge in [-0.15, -0.1) is 0 Å². The maximum Gasteiger partial charge on any atom is 0.239 e. The van der Waals surface area contributed by atoms with Gasteiger partial charge in [0.15, 0.2) is 0 Å². The Morgan fingerprint density at radius 1 is 1.32 bits per heavy atom. The Morgan fingerprint density at radius 3 is 2.53 bits per heavy atom. The molecule has 0 spiro atoms. The molecule has 1 heterocycles. The minimum atomic E-state index is -3.11. The lowest BCUT2D eigenvalue weighted by atomic mass is 10.1. The average Bonchev–Trinajstić information content (AvgIpc) is 3.11. The molecule has 19 heavy (non-hydrogen) atoms. The van der Waals surface area contributed by atoms with E-state index in [2.05, 4.69) is 4.72 Å². The molecule has 0 aromatic carbocycles. The maximum absolute atomic E-state index is 11.9. The number of amides is 1. The van der Waals surface area contributed by atoms with E-state index < -0.39 is 16.1 Å². The minimum absolute atomic E-state index is 0.00236. The summed E-state index contributed by atoms with van der Waals surface area (Å²) in [6.45, 7) is 1.99. The molecule has 1 aliphatic heterocycles. The Hall–Kier alpha value is -0.660. The van der Waals surface area contributed by atoms with Crippen LogP contribution in [-0.4, -0.2) is 50.2 Å². The van der Waals surface area contributed by atoms with Gasteiger partial charge < -0.3 is 10.6 Å². The second-order valence-corrected chi connectivity index (χ2v) is 7.47. The molecule has 7 heteroatoms. The lowest BCUT2D eigenvalue weighted by Crippen LogP contribution is -2.42. The fourth-order valence-corrected chi connectivity index (χ4v) is 3.75. The van der Waals surface area contributed by atoms with Crippen LogP contribution in [-0.2, 0) is 14.8 Å². The highest BCUT2D eigenvalue weighted by atomic mass is 32.2. The number of nitrogens with two attached hydrogens (primary N) is 1. The SMILES string of the molecule is NC(CCCNS(=O)(=O)C1CC1)C(=O)N1CCCC1. The Kier molecular flexibility index (Phi) is 4.81. The monoisotopic (exact) mass is 289 g/mol. The van der Waals surface area contributed by atoms with E-state index >= 15 is 0 Å². The third-order valence-corrected chi connectivity index (χ3v) is 5.65. The molecule has 0 aromatic heterocycles. The number of hydrogen-bond donors (Lipinski definition) is 2. The van der Waals surface area contributed by atoms with Crippen LogP contribution in [0.5, 0.6) is 0 Å². The molecule has 0 bridgehead atoms. The first kappa shape index (κ1) is 14.7. The van der Waals surface area contributed by atoms with Crippen molar-refractivity contribution in [2.24, 2.45) is 5.73 Å². The number of hydrogen-bond acceptors (Lipinski definition) is 4. The number of sulfonamides is 1. The summed E-state index contributed by atoms with van der Waals surface area (Å²) in [5.41, 5.74) is 5.85. The standard InChI is InChI=1S/C12H23N3O3S/c13-11(12(16)15-8-1-2-9-15)4-3-7-14-19(17,18)10-5-6-10/h10-11,14H,1-9,13H2. The second kappa shape index (κ2) is 6.19. The molecule has 1 atom stereocenters. The molecule has 1 amide bonds. The lowest BCUT2D eigenvalue weighted by Gasteiger charge is -2.20. The molecule has 1 aliphatic carbocycles. The van der Waals surface area contributed by atoms with Crippen molar-refractivity contribution in [3.63, 3.8) is 0 Å². The van der Waals surface area contributed by atoms with Gasteiger partial charge in [-0.25, -0.2) is 13.1 Å². The average molecular weight is 289 g/mol. The lowest BCUT2D eigenvalue weighted by molar-refractivity contribution is -0.131. The molecule has 1 unspecified atom stereocenters. The van der Waals surface area contributed by atoms with E-state index in [9.17, 15) is 13.2 Å². The number of nitrogens with zero attached hydrogens (tertiary/aromatic N) is 1. The first-order valence-corrected chi connectivity index (χ1v) is 8.58. The van der Waals surface area contributed by atoms with E-state index in [-0.39, 0.29) is 11.2 Å². The minimum Gasteiger partial charge on any atom is -0.341 e. The number of carbonyl (C=O) groups excluding carboxylic acids is 1. The van der Waals surface area contributed by atoms with Gasteiger partial charge in [0.2, 0.25) is 15.9 Å². The van der Waals surface area contributed by atoms with Crippen LogP contribution < -0.4 is 10.5 Å². The molecule has 1 saturated carbocycles. The normalized spacial score (nSPS) is 21.6. The van der Waals surface area contributed by atoms with Crippen molar-refractivity contribution >= 4 is 15.9 Å². The number of likely N-dealkylation sites (tertiary alicyclic amines) is 1. The van der Waals surface area contributed by atoms with Gasteiger partial charge in [-0.1, -0.05) is 0 Å². The van der Waals surface area contributed by atoms with Crippen LogP contribution >= 0.6 is 0 Å². The van der Waals surface area contributed by atoms with Crippen LogP contribution in [0.2, 0.25) is 0 Å². The number of carbonyl (C=O) groups is 1. The van der Waals surface area contributed by atoms with Gasteiger partial charge in [-0.05, 0) is 38.5 Å². The highest BCUT2D eigenvalue weighted by Crippen LogP contribution is 2.27. The van der Waals surface area contributed by atoms with Gasteiger partial charge in [0.05, 0.1) is 11.3 Å². The third-order valence-electron chi connectivity index (χ3n) is 3.69. The summed E-state index contributed by atoms with van der Waals surface area (Å²) >= 11 is 0. The van der Waals surface area contributed by atoms with Crippen molar-refractivity contribution < 1.29 is 13.2 Å². The highest BCUT2D eigenvalue weighted by Gasteiger charge is 2.35. The van der Waals surface area contributed by atoms with E-state index in [1.54, 1.807) is 4.90 Å². The van der Waals surface area contributed by atoms with Crippen molar-refractivity contribution in [3.8, 4) is 0 Å². The summed E-state index contributed by atoms with van der Waals surface area (Å²) in [5.74, 6) is 0.00236. The highest BCUT2D eigenvalue weighted by molar-refractivity contribution is 7.90. The Morgan fingerprint density at radius 2 is 1.95 bits per heavy atom. The van der Waals surface area contributed by atoms with Gasteiger partial charge in [0, 0.05) is 19.6 Å². The first-order valence-electron chi connectivity index (χ1n) is 7.03. The van der Waals surface area contributed by atoms with Gasteiger partial charge in [0.1, 0.15) is 0 Å². The molecule has 0 radical (unpaired) electrons. The maximum atomic E-state index is 11.9. The molecule has 2 fully saturated rings. The number of nitrogens with one attached hydrogen (secondary N) is 1. The zero-order valence-electron chi connectivity index (χ0n) is 11.2. The van der Waals surface area contributed by atoms with E-state index in [0.717, 1.165) is 38.8 Å². The summed E-state index contributed by atoms with van der Waals surface area (Å²) in [6.07, 6.45) is 4.78. The molecule has 2 rings (SSSR count). The van der Waals surface area contributed by atoms with E-state index in [0.29, 0.717) is 19.4 Å². The van der Waals surface area contributed by atoms with Crippen molar-refractivity contribution in [2.45, 2.75) is 49.8 Å². The van der Waals surface area contributed by atoms with Crippen molar-refractivity contribution in [1.82, 2.24) is 9.62 Å². The summed E-state index contributed by atoms with van der Waals surface area (Å²) in [6, 6.07) is -0.497. The topological polar surface area (TPSA) is 92.5 Å². The molecule has 3 N–H and O–H groups in total. The first-order chi connectivity index (χ1) is 9.00. The van der Waals surface area contributed by atoms with Crippen LogP contribution in [0.3, 0.4) is 0 Å². The third kappa shape index (κ3) is 4.15. The fourth-order valence-electron chi connectivity index (χ4n) is 2.33. The zero-order chi connectivity index (χ0) is 13.9. The van der Waals surface area contributed by atoms with Crippen LogP contribution in [0.25, 0.3) is 0 Å². The molecule has 110 valence electrons. The van der Waals surface area contributed by atoms with Crippen LogP contribution in [0, 0.1) is 0 Å². The molecule has 2 aliphatic rings. The van der Waals surface area contributed by atoms with Gasteiger partial charge in [0.25, 0.3) is 0 Å². The predicted molar refractivity (Wildman–Crippen MR) is 73.0 cm³/mol. The van der Waals surface area contributed by atoms with E-state index in [4.69, 9.17) is 5.73 Å². The molecular formula is C12H23N3O3S. The number of rotatable bonds is 7. The molecular weight excluding hydrogens is 266 g/mol. The summed E-state index contributed by atoms with van der Waals surface area (Å²) < 4.78 is 25.7. The van der Waals surface area contributed by atoms with Crippen LogP contribution in [0.1, 0.15) is 38.5 Å². The van der Waals surface area contributed by atoms with Gasteiger partial charge in [-0.3, -0.25) is 4.79 Å². The van der Waals surface area contributed by atoms with Gasteiger partial charge in [-0.2, -0.15) is 0 Å². The molecule has 0 aromatic rings. The molecule has 6 nitrogen and oxygen atoms in total. The van der Waals surface area contributed by atoms with Crippen LogP contribution in [0.15, 0.2) is 0 Å². The van der Waals surface area contributed by atoms with Crippen molar-refractivity contribution in [3.05, 3.63) is 0 Å². The largest absolute Gasteiger partial charge is 0.341 e. The quantitative estimate of drug-likeness (QED) is 0.635. The van der Waals surface area contributed by atoms with Crippen molar-refractivity contribution in [2.75, 3.05) is 19.6 Å². The Bertz CT molecular complexity index is 414. The Balaban J connectivity index is 1.63. The summed E-state index contributed by atoms with van der Waals surface area (Å²) in [5, 5.41) is -0.188. The smallest absolute Gasteiger partial charge is 0.239 e. The zero-order valence-corrected chi connectivity index (χ0v) is 12.0. The second-order valence-electron chi connectivity index (χ2n) is 5.42. The summed E-state index contributed by atoms with van der Waals surface area (Å²) in [7, 11) is -3.11. The van der Waals surface area contributed by atoms with Gasteiger partial charge >= 0.3 is 0 Å². The predicted octanol–water partition coefficient (Wildman–Crippen LogP) is -0.202. The van der Waals surface area contributed by atoms with E-state index in [1.165, 1.54) is 0 Å².